The Labute approximate surface area is 158 Å². The molecule has 0 bridgehead atoms. The van der Waals surface area contributed by atoms with Crippen LogP contribution in [0, 0.1) is 11.8 Å². The normalized spacial score (nSPS) is 22.1. The quantitative estimate of drug-likeness (QED) is 0.847. The molecule has 3 heterocycles. The predicted molar refractivity (Wildman–Crippen MR) is 101 cm³/mol. The van der Waals surface area contributed by atoms with Gasteiger partial charge in [0.05, 0.1) is 11.8 Å². The first-order valence-corrected chi connectivity index (χ1v) is 9.54. The van der Waals surface area contributed by atoms with Crippen LogP contribution in [0.2, 0.25) is 0 Å². The Kier molecular flexibility index (Phi) is 4.99. The van der Waals surface area contributed by atoms with Crippen LogP contribution < -0.4 is 5.73 Å². The summed E-state index contributed by atoms with van der Waals surface area (Å²) in [4.78, 5) is 28.4. The third-order valence-corrected chi connectivity index (χ3v) is 5.76. The van der Waals surface area contributed by atoms with Gasteiger partial charge in [-0.15, -0.1) is 0 Å². The number of primary amides is 1. The van der Waals surface area contributed by atoms with Crippen molar-refractivity contribution in [3.05, 3.63) is 59.5 Å². The Morgan fingerprint density at radius 2 is 1.74 bits per heavy atom. The fraction of sp³-hybridized carbons (Fsp3) is 0.429. The molecule has 6 nitrogen and oxygen atoms in total. The number of furan rings is 1. The highest BCUT2D eigenvalue weighted by Gasteiger charge is 2.42. The summed E-state index contributed by atoms with van der Waals surface area (Å²) in [6.45, 7) is 4.60. The molecule has 2 amide bonds. The summed E-state index contributed by atoms with van der Waals surface area (Å²) < 4.78 is 5.24. The van der Waals surface area contributed by atoms with E-state index in [1.165, 1.54) is 17.9 Å². The molecule has 2 fully saturated rings. The van der Waals surface area contributed by atoms with E-state index in [1.54, 1.807) is 0 Å². The number of carbonyl (C=O) groups excluding carboxylic acids is 2. The second-order valence-corrected chi connectivity index (χ2v) is 7.61. The summed E-state index contributed by atoms with van der Waals surface area (Å²) in [5, 5.41) is 0. The SMILES string of the molecule is NC(=O)c1ccoc1C(=O)N1CC2CN(CCCc3ccccc3)C[C@H]2C1. The Morgan fingerprint density at radius 3 is 2.41 bits per heavy atom. The molecular weight excluding hydrogens is 342 g/mol. The highest BCUT2D eigenvalue weighted by molar-refractivity contribution is 6.04. The lowest BCUT2D eigenvalue weighted by Gasteiger charge is -2.21. The second kappa shape index (κ2) is 7.56. The van der Waals surface area contributed by atoms with Crippen molar-refractivity contribution in [3.8, 4) is 0 Å². The lowest BCUT2D eigenvalue weighted by molar-refractivity contribution is 0.0736. The number of fused-ring (bicyclic) bond motifs is 1. The topological polar surface area (TPSA) is 79.8 Å². The van der Waals surface area contributed by atoms with Gasteiger partial charge < -0.3 is 20.0 Å². The molecule has 2 aliphatic rings. The Morgan fingerprint density at radius 1 is 1.04 bits per heavy atom. The van der Waals surface area contributed by atoms with E-state index in [1.807, 2.05) is 11.0 Å². The van der Waals surface area contributed by atoms with E-state index in [2.05, 4.69) is 29.2 Å². The van der Waals surface area contributed by atoms with Gasteiger partial charge in [-0.25, -0.2) is 0 Å². The summed E-state index contributed by atoms with van der Waals surface area (Å²) in [6, 6.07) is 12.0. The molecule has 1 aromatic heterocycles. The van der Waals surface area contributed by atoms with Gasteiger partial charge in [-0.05, 0) is 42.9 Å². The van der Waals surface area contributed by atoms with Crippen LogP contribution in [0.25, 0.3) is 0 Å². The van der Waals surface area contributed by atoms with Gasteiger partial charge >= 0.3 is 0 Å². The smallest absolute Gasteiger partial charge is 0.290 e. The number of amides is 2. The fourth-order valence-corrected chi connectivity index (χ4v) is 4.40. The summed E-state index contributed by atoms with van der Waals surface area (Å²) in [6.07, 6.45) is 3.60. The molecule has 2 aliphatic heterocycles. The maximum absolute atomic E-state index is 12.7. The number of nitrogens with two attached hydrogens (primary N) is 1. The summed E-state index contributed by atoms with van der Waals surface area (Å²) in [5.41, 5.74) is 6.87. The minimum Gasteiger partial charge on any atom is -0.458 e. The van der Waals surface area contributed by atoms with Crippen molar-refractivity contribution >= 4 is 11.8 Å². The molecule has 0 spiro atoms. The van der Waals surface area contributed by atoms with Gasteiger partial charge in [0.25, 0.3) is 11.8 Å². The highest BCUT2D eigenvalue weighted by Crippen LogP contribution is 2.32. The third-order valence-electron chi connectivity index (χ3n) is 5.76. The first-order chi connectivity index (χ1) is 13.1. The van der Waals surface area contributed by atoms with Crippen molar-refractivity contribution < 1.29 is 14.0 Å². The number of benzene rings is 1. The molecule has 2 N–H and O–H groups in total. The monoisotopic (exact) mass is 367 g/mol. The van der Waals surface area contributed by atoms with Gasteiger partial charge in [0.15, 0.2) is 0 Å². The fourth-order valence-electron chi connectivity index (χ4n) is 4.40. The van der Waals surface area contributed by atoms with E-state index in [0.717, 1.165) is 45.6 Å². The van der Waals surface area contributed by atoms with Crippen molar-refractivity contribution in [2.45, 2.75) is 12.8 Å². The number of rotatable bonds is 6. The van der Waals surface area contributed by atoms with E-state index in [9.17, 15) is 9.59 Å². The van der Waals surface area contributed by atoms with Crippen molar-refractivity contribution in [1.29, 1.82) is 0 Å². The summed E-state index contributed by atoms with van der Waals surface area (Å²) in [7, 11) is 0. The number of hydrogen-bond donors (Lipinski definition) is 1. The van der Waals surface area contributed by atoms with E-state index >= 15 is 0 Å². The molecule has 2 aromatic rings. The van der Waals surface area contributed by atoms with Gasteiger partial charge in [0.2, 0.25) is 5.76 Å². The average Bonchev–Trinajstić information content (AvgIpc) is 3.36. The van der Waals surface area contributed by atoms with Crippen LogP contribution >= 0.6 is 0 Å². The number of likely N-dealkylation sites (tertiary alicyclic amines) is 2. The molecule has 1 aromatic carbocycles. The molecule has 27 heavy (non-hydrogen) atoms. The van der Waals surface area contributed by atoms with Gasteiger partial charge in [0, 0.05) is 26.2 Å². The van der Waals surface area contributed by atoms with Crippen molar-refractivity contribution in [3.63, 3.8) is 0 Å². The van der Waals surface area contributed by atoms with Crippen LogP contribution in [-0.2, 0) is 6.42 Å². The first-order valence-electron chi connectivity index (χ1n) is 9.54. The number of aryl methyl sites for hydroxylation is 1. The number of carbonyl (C=O) groups is 2. The number of nitrogens with zero attached hydrogens (tertiary/aromatic N) is 2. The zero-order chi connectivity index (χ0) is 18.8. The van der Waals surface area contributed by atoms with Crippen LogP contribution in [-0.4, -0.2) is 54.3 Å². The van der Waals surface area contributed by atoms with Crippen LogP contribution in [0.4, 0.5) is 0 Å². The molecule has 1 unspecified atom stereocenters. The highest BCUT2D eigenvalue weighted by atomic mass is 16.3. The minimum absolute atomic E-state index is 0.0715. The molecule has 142 valence electrons. The molecule has 6 heteroatoms. The van der Waals surface area contributed by atoms with Crippen molar-refractivity contribution in [1.82, 2.24) is 9.80 Å². The molecule has 0 saturated carbocycles. The molecule has 4 rings (SSSR count). The zero-order valence-corrected chi connectivity index (χ0v) is 15.3. The van der Waals surface area contributed by atoms with Gasteiger partial charge in [0.1, 0.15) is 0 Å². The van der Waals surface area contributed by atoms with Crippen LogP contribution in [0.5, 0.6) is 0 Å². The van der Waals surface area contributed by atoms with Crippen LogP contribution in [0.15, 0.2) is 47.1 Å². The molecule has 2 saturated heterocycles. The lowest BCUT2D eigenvalue weighted by Crippen LogP contribution is -2.34. The van der Waals surface area contributed by atoms with Crippen molar-refractivity contribution in [2.75, 3.05) is 32.7 Å². The molecule has 2 atom stereocenters. The Bertz CT molecular complexity index is 803. The van der Waals surface area contributed by atoms with E-state index in [4.69, 9.17) is 10.2 Å². The predicted octanol–water partition coefficient (Wildman–Crippen LogP) is 2.02. The Hall–Kier alpha value is -2.60. The summed E-state index contributed by atoms with van der Waals surface area (Å²) >= 11 is 0. The van der Waals surface area contributed by atoms with Gasteiger partial charge in [-0.3, -0.25) is 9.59 Å². The maximum Gasteiger partial charge on any atom is 0.290 e. The van der Waals surface area contributed by atoms with Gasteiger partial charge in [-0.2, -0.15) is 0 Å². The third kappa shape index (κ3) is 3.76. The molecular formula is C21H25N3O3. The standard InChI is InChI=1S/C21H25N3O3/c22-20(25)18-8-10-27-19(18)21(26)24-13-16-11-23(12-17(16)14-24)9-4-7-15-5-2-1-3-6-15/h1-3,5-6,8,10,16-17H,4,7,9,11-14H2,(H2,22,25)/t16-,17?/m0/s1. The maximum atomic E-state index is 12.7. The Balaban J connectivity index is 1.27. The zero-order valence-electron chi connectivity index (χ0n) is 15.3. The average molecular weight is 367 g/mol. The molecule has 0 radical (unpaired) electrons. The lowest BCUT2D eigenvalue weighted by atomic mass is 10.0. The largest absolute Gasteiger partial charge is 0.458 e. The number of hydrogen-bond acceptors (Lipinski definition) is 4. The van der Waals surface area contributed by atoms with E-state index < -0.39 is 5.91 Å². The van der Waals surface area contributed by atoms with Crippen LogP contribution in [0.3, 0.4) is 0 Å². The summed E-state index contributed by atoms with van der Waals surface area (Å²) in [5.74, 6) is 0.215. The van der Waals surface area contributed by atoms with Gasteiger partial charge in [-0.1, -0.05) is 30.3 Å². The van der Waals surface area contributed by atoms with Crippen LogP contribution in [0.1, 0.15) is 32.9 Å². The molecule has 0 aliphatic carbocycles. The van der Waals surface area contributed by atoms with E-state index in [-0.39, 0.29) is 17.2 Å². The van der Waals surface area contributed by atoms with E-state index in [0.29, 0.717) is 11.8 Å². The van der Waals surface area contributed by atoms with Crippen molar-refractivity contribution in [2.24, 2.45) is 17.6 Å². The minimum atomic E-state index is -0.629. The first kappa shape index (κ1) is 17.8. The second-order valence-electron chi connectivity index (χ2n) is 7.61.